The highest BCUT2D eigenvalue weighted by Crippen LogP contribution is 2.03. The molecule has 1 heterocycles. The molecule has 1 aromatic heterocycles. The zero-order chi connectivity index (χ0) is 11.3. The fraction of sp³-hybridized carbons (Fsp3) is 0.455. The highest BCUT2D eigenvalue weighted by Gasteiger charge is 2.10. The Morgan fingerprint density at radius 3 is 2.80 bits per heavy atom. The van der Waals surface area contributed by atoms with Crippen LogP contribution >= 0.6 is 0 Å². The number of rotatable bonds is 4. The number of carbonyl (C=O) groups is 1. The molecule has 0 atom stereocenters. The normalized spacial score (nSPS) is 10.1. The van der Waals surface area contributed by atoms with E-state index in [4.69, 9.17) is 5.73 Å². The number of aromatic nitrogens is 1. The van der Waals surface area contributed by atoms with Gasteiger partial charge in [-0.25, -0.2) is 0 Å². The third-order valence-electron chi connectivity index (χ3n) is 2.20. The predicted octanol–water partition coefficient (Wildman–Crippen LogP) is 0.811. The SMILES string of the molecule is Cc1ccc(C(=O)N(C)CCCN)cn1. The Bertz CT molecular complexity index is 321. The second kappa shape index (κ2) is 5.46. The molecule has 15 heavy (non-hydrogen) atoms. The summed E-state index contributed by atoms with van der Waals surface area (Å²) in [5, 5.41) is 0. The molecule has 1 aromatic rings. The molecular formula is C11H17N3O. The van der Waals surface area contributed by atoms with E-state index in [1.165, 1.54) is 0 Å². The van der Waals surface area contributed by atoms with Crippen LogP contribution < -0.4 is 5.73 Å². The first-order chi connectivity index (χ1) is 7.15. The first-order valence-corrected chi connectivity index (χ1v) is 5.03. The molecule has 0 unspecified atom stereocenters. The van der Waals surface area contributed by atoms with Gasteiger partial charge in [-0.1, -0.05) is 0 Å². The third kappa shape index (κ3) is 3.32. The lowest BCUT2D eigenvalue weighted by Crippen LogP contribution is -2.29. The Morgan fingerprint density at radius 1 is 1.53 bits per heavy atom. The van der Waals surface area contributed by atoms with Gasteiger partial charge < -0.3 is 10.6 Å². The summed E-state index contributed by atoms with van der Waals surface area (Å²) in [6.45, 7) is 3.18. The van der Waals surface area contributed by atoms with Gasteiger partial charge in [0.25, 0.3) is 5.91 Å². The minimum Gasteiger partial charge on any atom is -0.342 e. The number of aryl methyl sites for hydroxylation is 1. The second-order valence-electron chi connectivity index (χ2n) is 3.56. The molecule has 0 bridgehead atoms. The van der Waals surface area contributed by atoms with Gasteiger partial charge in [0.15, 0.2) is 0 Å². The molecule has 82 valence electrons. The first kappa shape index (κ1) is 11.7. The summed E-state index contributed by atoms with van der Waals surface area (Å²) < 4.78 is 0. The van der Waals surface area contributed by atoms with Crippen molar-refractivity contribution in [1.29, 1.82) is 0 Å². The third-order valence-corrected chi connectivity index (χ3v) is 2.20. The van der Waals surface area contributed by atoms with Gasteiger partial charge in [0, 0.05) is 25.5 Å². The van der Waals surface area contributed by atoms with Gasteiger partial charge in [0.05, 0.1) is 5.56 Å². The average molecular weight is 207 g/mol. The Hall–Kier alpha value is -1.42. The fourth-order valence-electron chi connectivity index (χ4n) is 1.24. The van der Waals surface area contributed by atoms with Crippen LogP contribution in [-0.2, 0) is 0 Å². The molecule has 4 nitrogen and oxygen atoms in total. The van der Waals surface area contributed by atoms with E-state index in [2.05, 4.69) is 4.98 Å². The van der Waals surface area contributed by atoms with Gasteiger partial charge in [-0.3, -0.25) is 9.78 Å². The van der Waals surface area contributed by atoms with Crippen molar-refractivity contribution in [2.24, 2.45) is 5.73 Å². The maximum absolute atomic E-state index is 11.8. The molecule has 1 amide bonds. The Morgan fingerprint density at radius 2 is 2.27 bits per heavy atom. The highest BCUT2D eigenvalue weighted by atomic mass is 16.2. The second-order valence-corrected chi connectivity index (χ2v) is 3.56. The number of nitrogens with two attached hydrogens (primary N) is 1. The maximum Gasteiger partial charge on any atom is 0.255 e. The van der Waals surface area contributed by atoms with E-state index in [-0.39, 0.29) is 5.91 Å². The predicted molar refractivity (Wildman–Crippen MR) is 59.6 cm³/mol. The lowest BCUT2D eigenvalue weighted by Gasteiger charge is -2.16. The molecule has 0 spiro atoms. The van der Waals surface area contributed by atoms with E-state index in [0.717, 1.165) is 12.1 Å². The fourth-order valence-corrected chi connectivity index (χ4v) is 1.24. The molecule has 0 aliphatic rings. The standard InChI is InChI=1S/C11H17N3O/c1-9-4-5-10(8-13-9)11(15)14(2)7-3-6-12/h4-5,8H,3,6-7,12H2,1-2H3. The van der Waals surface area contributed by atoms with E-state index in [1.807, 2.05) is 13.0 Å². The molecule has 0 fully saturated rings. The minimum absolute atomic E-state index is 0.00375. The summed E-state index contributed by atoms with van der Waals surface area (Å²) in [6, 6.07) is 3.63. The quantitative estimate of drug-likeness (QED) is 0.794. The van der Waals surface area contributed by atoms with E-state index in [1.54, 1.807) is 24.2 Å². The van der Waals surface area contributed by atoms with Gasteiger partial charge in [-0.2, -0.15) is 0 Å². The number of hydrogen-bond donors (Lipinski definition) is 1. The Kier molecular flexibility index (Phi) is 4.24. The van der Waals surface area contributed by atoms with Crippen molar-refractivity contribution in [3.05, 3.63) is 29.6 Å². The van der Waals surface area contributed by atoms with Crippen molar-refractivity contribution in [1.82, 2.24) is 9.88 Å². The van der Waals surface area contributed by atoms with Crippen LogP contribution in [0.2, 0.25) is 0 Å². The highest BCUT2D eigenvalue weighted by molar-refractivity contribution is 5.93. The molecule has 0 saturated carbocycles. The molecule has 0 saturated heterocycles. The van der Waals surface area contributed by atoms with Crippen LogP contribution in [0.3, 0.4) is 0 Å². The topological polar surface area (TPSA) is 59.2 Å². The number of pyridine rings is 1. The molecule has 1 rings (SSSR count). The van der Waals surface area contributed by atoms with Crippen molar-refractivity contribution in [3.63, 3.8) is 0 Å². The van der Waals surface area contributed by atoms with Crippen molar-refractivity contribution >= 4 is 5.91 Å². The molecule has 0 aliphatic heterocycles. The maximum atomic E-state index is 11.8. The van der Waals surface area contributed by atoms with Crippen molar-refractivity contribution in [3.8, 4) is 0 Å². The van der Waals surface area contributed by atoms with E-state index in [9.17, 15) is 4.79 Å². The van der Waals surface area contributed by atoms with Gasteiger partial charge in [0.1, 0.15) is 0 Å². The molecule has 4 heteroatoms. The van der Waals surface area contributed by atoms with E-state index >= 15 is 0 Å². The van der Waals surface area contributed by atoms with E-state index in [0.29, 0.717) is 18.7 Å². The molecular weight excluding hydrogens is 190 g/mol. The number of nitrogens with zero attached hydrogens (tertiary/aromatic N) is 2. The summed E-state index contributed by atoms with van der Waals surface area (Å²) in [7, 11) is 1.78. The zero-order valence-corrected chi connectivity index (χ0v) is 9.23. The lowest BCUT2D eigenvalue weighted by atomic mass is 10.2. The van der Waals surface area contributed by atoms with Crippen LogP contribution in [0.4, 0.5) is 0 Å². The van der Waals surface area contributed by atoms with E-state index < -0.39 is 0 Å². The number of hydrogen-bond acceptors (Lipinski definition) is 3. The minimum atomic E-state index is -0.00375. The first-order valence-electron chi connectivity index (χ1n) is 5.03. The van der Waals surface area contributed by atoms with Gasteiger partial charge >= 0.3 is 0 Å². The van der Waals surface area contributed by atoms with Gasteiger partial charge in [0.2, 0.25) is 0 Å². The molecule has 0 radical (unpaired) electrons. The van der Waals surface area contributed by atoms with Crippen molar-refractivity contribution in [2.75, 3.05) is 20.1 Å². The average Bonchev–Trinajstić information content (AvgIpc) is 2.26. The van der Waals surface area contributed by atoms with Crippen molar-refractivity contribution < 1.29 is 4.79 Å². The monoisotopic (exact) mass is 207 g/mol. The summed E-state index contributed by atoms with van der Waals surface area (Å²) in [6.07, 6.45) is 2.43. The Labute approximate surface area is 90.1 Å². The molecule has 2 N–H and O–H groups in total. The number of amides is 1. The lowest BCUT2D eigenvalue weighted by molar-refractivity contribution is 0.0794. The molecule has 0 aliphatic carbocycles. The summed E-state index contributed by atoms with van der Waals surface area (Å²) >= 11 is 0. The smallest absolute Gasteiger partial charge is 0.255 e. The van der Waals surface area contributed by atoms with Crippen LogP contribution in [0.5, 0.6) is 0 Å². The van der Waals surface area contributed by atoms with Gasteiger partial charge in [-0.15, -0.1) is 0 Å². The Balaban J connectivity index is 2.63. The largest absolute Gasteiger partial charge is 0.342 e. The van der Waals surface area contributed by atoms with Gasteiger partial charge in [-0.05, 0) is 32.0 Å². The summed E-state index contributed by atoms with van der Waals surface area (Å²) in [5.41, 5.74) is 6.92. The zero-order valence-electron chi connectivity index (χ0n) is 9.23. The van der Waals surface area contributed by atoms with Crippen LogP contribution in [0.1, 0.15) is 22.5 Å². The van der Waals surface area contributed by atoms with Crippen LogP contribution in [0, 0.1) is 6.92 Å². The summed E-state index contributed by atoms with van der Waals surface area (Å²) in [4.78, 5) is 17.6. The van der Waals surface area contributed by atoms with Crippen LogP contribution in [0.15, 0.2) is 18.3 Å². The van der Waals surface area contributed by atoms with Crippen LogP contribution in [-0.4, -0.2) is 35.9 Å². The number of carbonyl (C=O) groups excluding carboxylic acids is 1. The summed E-state index contributed by atoms with van der Waals surface area (Å²) in [5.74, 6) is -0.00375. The van der Waals surface area contributed by atoms with Crippen molar-refractivity contribution in [2.45, 2.75) is 13.3 Å². The van der Waals surface area contributed by atoms with Crippen LogP contribution in [0.25, 0.3) is 0 Å². The molecule has 0 aromatic carbocycles.